The Bertz CT molecular complexity index is 367. The Morgan fingerprint density at radius 3 is 1.16 bits per heavy atom. The van der Waals surface area contributed by atoms with Gasteiger partial charge in [0.15, 0.2) is 0 Å². The van der Waals surface area contributed by atoms with E-state index < -0.39 is 8.80 Å². The van der Waals surface area contributed by atoms with Crippen LogP contribution < -0.4 is 0 Å². The van der Waals surface area contributed by atoms with Crippen LogP contribution in [0.15, 0.2) is 0 Å². The van der Waals surface area contributed by atoms with Gasteiger partial charge in [0.2, 0.25) is 0 Å². The molecule has 0 atom stereocenters. The highest BCUT2D eigenvalue weighted by Gasteiger charge is 2.37. The van der Waals surface area contributed by atoms with E-state index in [1.54, 1.807) is 21.3 Å². The van der Waals surface area contributed by atoms with Crippen LogP contribution in [0.25, 0.3) is 0 Å². The van der Waals surface area contributed by atoms with Crippen molar-refractivity contribution in [1.82, 2.24) is 0 Å². The third-order valence-corrected chi connectivity index (χ3v) is 9.63. The van der Waals surface area contributed by atoms with Crippen LogP contribution in [0.2, 0.25) is 6.04 Å². The van der Waals surface area contributed by atoms with E-state index in [1.807, 2.05) is 0 Å². The molecule has 0 spiro atoms. The zero-order chi connectivity index (χ0) is 23.3. The lowest BCUT2D eigenvalue weighted by molar-refractivity contribution is -0.890. The molecule has 0 bridgehead atoms. The average Bonchev–Trinajstić information content (AvgIpc) is 2.77. The Hall–Kier alpha value is 0.0569. The molecule has 5 heteroatoms. The largest absolute Gasteiger partial charge is 0.500 e. The molecule has 0 fully saturated rings. The average molecular weight is 461 g/mol. The van der Waals surface area contributed by atoms with Crippen molar-refractivity contribution in [3.8, 4) is 0 Å². The van der Waals surface area contributed by atoms with Crippen molar-refractivity contribution in [3.63, 3.8) is 0 Å². The van der Waals surface area contributed by atoms with Crippen LogP contribution in [-0.4, -0.2) is 61.8 Å². The minimum Gasteiger partial charge on any atom is -0.377 e. The first-order valence-corrected chi connectivity index (χ1v) is 15.4. The highest BCUT2D eigenvalue weighted by atomic mass is 28.4. The van der Waals surface area contributed by atoms with Crippen LogP contribution in [0.5, 0.6) is 0 Å². The maximum Gasteiger partial charge on any atom is 0.500 e. The van der Waals surface area contributed by atoms with Crippen LogP contribution in [0.3, 0.4) is 0 Å². The standard InChI is InChI=1S/C26H58NO3Si/c1-7-8-9-10-11-12-13-14-15-16-17-18-19-20-21-24-27(2,3)25-22-23-26-31(28-4,29-5)30-6/h7-26H2,1-6H3/q+1. The highest BCUT2D eigenvalue weighted by Crippen LogP contribution is 2.18. The Morgan fingerprint density at radius 2 is 0.806 bits per heavy atom. The summed E-state index contributed by atoms with van der Waals surface area (Å²) in [5, 5.41) is 0. The second kappa shape index (κ2) is 20.6. The van der Waals surface area contributed by atoms with Crippen molar-refractivity contribution < 1.29 is 17.8 Å². The van der Waals surface area contributed by atoms with Gasteiger partial charge in [-0.25, -0.2) is 0 Å². The van der Waals surface area contributed by atoms with Gasteiger partial charge in [-0.3, -0.25) is 0 Å². The molecule has 0 amide bonds. The molecule has 0 aromatic heterocycles. The zero-order valence-corrected chi connectivity index (χ0v) is 23.3. The Balaban J connectivity index is 3.49. The van der Waals surface area contributed by atoms with Gasteiger partial charge in [0.1, 0.15) is 0 Å². The second-order valence-corrected chi connectivity index (χ2v) is 13.2. The summed E-state index contributed by atoms with van der Waals surface area (Å²) in [6.45, 7) is 4.81. The number of hydrogen-bond donors (Lipinski definition) is 0. The van der Waals surface area contributed by atoms with E-state index in [1.165, 1.54) is 116 Å². The summed E-state index contributed by atoms with van der Waals surface area (Å²) in [4.78, 5) is 0. The molecule has 0 aliphatic carbocycles. The summed E-state index contributed by atoms with van der Waals surface area (Å²) in [7, 11) is 7.47. The van der Waals surface area contributed by atoms with Gasteiger partial charge >= 0.3 is 8.80 Å². The molecule has 0 radical (unpaired) electrons. The first-order chi connectivity index (χ1) is 14.9. The molecule has 188 valence electrons. The Morgan fingerprint density at radius 1 is 0.484 bits per heavy atom. The molecule has 0 saturated carbocycles. The number of rotatable bonds is 24. The monoisotopic (exact) mass is 460 g/mol. The van der Waals surface area contributed by atoms with Crippen molar-refractivity contribution >= 4 is 8.80 Å². The smallest absolute Gasteiger partial charge is 0.377 e. The number of unbranched alkanes of at least 4 members (excludes halogenated alkanes) is 15. The summed E-state index contributed by atoms with van der Waals surface area (Å²) < 4.78 is 17.7. The SMILES string of the molecule is CCCCCCCCCCCCCCCCC[N+](C)(C)CCCC[Si](OC)(OC)OC. The molecule has 0 heterocycles. The van der Waals surface area contributed by atoms with Crippen molar-refractivity contribution in [2.75, 3.05) is 48.5 Å². The van der Waals surface area contributed by atoms with Crippen molar-refractivity contribution in [1.29, 1.82) is 0 Å². The fourth-order valence-electron chi connectivity index (χ4n) is 4.46. The maximum absolute atomic E-state index is 5.52. The van der Waals surface area contributed by atoms with Crippen LogP contribution in [0.1, 0.15) is 116 Å². The van der Waals surface area contributed by atoms with E-state index in [4.69, 9.17) is 13.3 Å². The van der Waals surface area contributed by atoms with Crippen LogP contribution in [0.4, 0.5) is 0 Å². The van der Waals surface area contributed by atoms with Crippen molar-refractivity contribution in [2.24, 2.45) is 0 Å². The summed E-state index contributed by atoms with van der Waals surface area (Å²) in [6.07, 6.45) is 23.8. The molecule has 0 aliphatic rings. The quantitative estimate of drug-likeness (QED) is 0.0843. The lowest BCUT2D eigenvalue weighted by Crippen LogP contribution is -2.43. The van der Waals surface area contributed by atoms with E-state index >= 15 is 0 Å². The first-order valence-electron chi connectivity index (χ1n) is 13.4. The van der Waals surface area contributed by atoms with E-state index in [0.717, 1.165) is 16.9 Å². The minimum atomic E-state index is -2.38. The second-order valence-electron chi connectivity index (χ2n) is 10.1. The Labute approximate surface area is 197 Å². The molecule has 31 heavy (non-hydrogen) atoms. The topological polar surface area (TPSA) is 27.7 Å². The fourth-order valence-corrected chi connectivity index (χ4v) is 6.26. The summed E-state index contributed by atoms with van der Waals surface area (Å²) in [5.41, 5.74) is 0. The third-order valence-electron chi connectivity index (χ3n) is 6.80. The lowest BCUT2D eigenvalue weighted by atomic mass is 10.0. The van der Waals surface area contributed by atoms with E-state index in [-0.39, 0.29) is 0 Å². The summed E-state index contributed by atoms with van der Waals surface area (Å²) in [5.74, 6) is 0. The lowest BCUT2D eigenvalue weighted by Gasteiger charge is -2.30. The Kier molecular flexibility index (Phi) is 20.7. The maximum atomic E-state index is 5.52. The van der Waals surface area contributed by atoms with E-state index in [2.05, 4.69) is 21.0 Å². The molecule has 0 aromatic carbocycles. The summed E-state index contributed by atoms with van der Waals surface area (Å²) >= 11 is 0. The molecule has 0 rings (SSSR count). The molecule has 0 aliphatic heterocycles. The molecule has 0 saturated heterocycles. The zero-order valence-electron chi connectivity index (χ0n) is 22.3. The normalized spacial score (nSPS) is 12.6. The van der Waals surface area contributed by atoms with Gasteiger partial charge in [-0.1, -0.05) is 90.4 Å². The van der Waals surface area contributed by atoms with Crippen LogP contribution >= 0.6 is 0 Å². The molecule has 0 aromatic rings. The molecule has 4 nitrogen and oxygen atoms in total. The number of nitrogens with zero attached hydrogens (tertiary/aromatic N) is 1. The molecular formula is C26H58NO3Si+. The predicted octanol–water partition coefficient (Wildman–Crippen LogP) is 7.59. The fraction of sp³-hybridized carbons (Fsp3) is 1.00. The summed E-state index contributed by atoms with van der Waals surface area (Å²) in [6, 6.07) is 0.912. The van der Waals surface area contributed by atoms with E-state index in [9.17, 15) is 0 Å². The molecule has 0 N–H and O–H groups in total. The number of quaternary nitrogens is 1. The minimum absolute atomic E-state index is 0.912. The van der Waals surface area contributed by atoms with Gasteiger partial charge in [0, 0.05) is 27.4 Å². The predicted molar refractivity (Wildman–Crippen MR) is 138 cm³/mol. The van der Waals surface area contributed by atoms with Gasteiger partial charge in [-0.15, -0.1) is 0 Å². The van der Waals surface area contributed by atoms with Crippen LogP contribution in [-0.2, 0) is 13.3 Å². The number of hydrogen-bond acceptors (Lipinski definition) is 3. The molecule has 0 unspecified atom stereocenters. The first kappa shape index (κ1) is 31.1. The van der Waals surface area contributed by atoms with Crippen molar-refractivity contribution in [3.05, 3.63) is 0 Å². The van der Waals surface area contributed by atoms with Crippen molar-refractivity contribution in [2.45, 2.75) is 122 Å². The van der Waals surface area contributed by atoms with Gasteiger partial charge in [-0.2, -0.15) is 0 Å². The van der Waals surface area contributed by atoms with Crippen LogP contribution in [0, 0.1) is 0 Å². The van der Waals surface area contributed by atoms with Gasteiger partial charge in [0.25, 0.3) is 0 Å². The van der Waals surface area contributed by atoms with E-state index in [0.29, 0.717) is 0 Å². The van der Waals surface area contributed by atoms with Gasteiger partial charge in [0.05, 0.1) is 27.2 Å². The highest BCUT2D eigenvalue weighted by molar-refractivity contribution is 6.60. The van der Waals surface area contributed by atoms with Gasteiger partial charge in [-0.05, 0) is 25.7 Å². The molecular weight excluding hydrogens is 402 g/mol. The third kappa shape index (κ3) is 18.2. The van der Waals surface area contributed by atoms with Gasteiger partial charge < -0.3 is 17.8 Å².